The summed E-state index contributed by atoms with van der Waals surface area (Å²) >= 11 is 0. The number of aromatic nitrogens is 2. The Hall–Kier alpha value is -2.82. The number of nitrogens with one attached hydrogen (secondary N) is 2. The highest BCUT2D eigenvalue weighted by Gasteiger charge is 2.26. The van der Waals surface area contributed by atoms with E-state index in [-0.39, 0.29) is 11.8 Å². The summed E-state index contributed by atoms with van der Waals surface area (Å²) in [7, 11) is 0. The van der Waals surface area contributed by atoms with Gasteiger partial charge in [0.2, 0.25) is 11.9 Å². The molecule has 5 nitrogen and oxygen atoms in total. The average Bonchev–Trinajstić information content (AvgIpc) is 3.15. The summed E-state index contributed by atoms with van der Waals surface area (Å²) in [5, 5.41) is 3.11. The van der Waals surface area contributed by atoms with E-state index in [0.29, 0.717) is 6.54 Å². The van der Waals surface area contributed by atoms with E-state index in [9.17, 15) is 4.79 Å². The second-order valence-corrected chi connectivity index (χ2v) is 7.73. The third-order valence-electron chi connectivity index (χ3n) is 5.69. The molecule has 1 aromatic heterocycles. The van der Waals surface area contributed by atoms with Crippen molar-refractivity contribution in [2.45, 2.75) is 39.7 Å². The number of amides is 1. The van der Waals surface area contributed by atoms with E-state index in [4.69, 9.17) is 4.98 Å². The lowest BCUT2D eigenvalue weighted by Gasteiger charge is -2.31. The molecule has 146 valence electrons. The van der Waals surface area contributed by atoms with Crippen LogP contribution in [0, 0.1) is 12.8 Å². The Balaban J connectivity index is 1.30. The number of H-pyrrole nitrogens is 1. The van der Waals surface area contributed by atoms with Gasteiger partial charge in [-0.15, -0.1) is 0 Å². The zero-order chi connectivity index (χ0) is 19.5. The maximum atomic E-state index is 12.6. The van der Waals surface area contributed by atoms with Gasteiger partial charge in [-0.05, 0) is 55.0 Å². The van der Waals surface area contributed by atoms with Crippen LogP contribution in [0.1, 0.15) is 36.5 Å². The van der Waals surface area contributed by atoms with Crippen LogP contribution in [0.5, 0.6) is 0 Å². The lowest BCUT2D eigenvalue weighted by molar-refractivity contribution is -0.125. The Kier molecular flexibility index (Phi) is 5.33. The number of rotatable bonds is 5. The van der Waals surface area contributed by atoms with Gasteiger partial charge in [0.05, 0.1) is 11.0 Å². The van der Waals surface area contributed by atoms with Crippen LogP contribution in [0.3, 0.4) is 0 Å². The van der Waals surface area contributed by atoms with Crippen LogP contribution in [-0.2, 0) is 17.8 Å². The fraction of sp³-hybridized carbons (Fsp3) is 0.391. The van der Waals surface area contributed by atoms with Crippen molar-refractivity contribution in [3.63, 3.8) is 0 Å². The van der Waals surface area contributed by atoms with Gasteiger partial charge in [-0.3, -0.25) is 4.79 Å². The van der Waals surface area contributed by atoms with Crippen LogP contribution in [0.25, 0.3) is 11.0 Å². The van der Waals surface area contributed by atoms with Crippen molar-refractivity contribution in [2.75, 3.05) is 18.0 Å². The van der Waals surface area contributed by atoms with E-state index in [1.807, 2.05) is 0 Å². The van der Waals surface area contributed by atoms with Crippen LogP contribution < -0.4 is 10.2 Å². The summed E-state index contributed by atoms with van der Waals surface area (Å²) in [6.45, 7) is 6.54. The summed E-state index contributed by atoms with van der Waals surface area (Å²) in [4.78, 5) is 22.9. The number of imidazole rings is 1. The van der Waals surface area contributed by atoms with Crippen molar-refractivity contribution < 1.29 is 4.79 Å². The molecule has 4 rings (SSSR count). The molecule has 0 aliphatic carbocycles. The van der Waals surface area contributed by atoms with Gasteiger partial charge in [0.1, 0.15) is 0 Å². The molecule has 0 atom stereocenters. The fourth-order valence-corrected chi connectivity index (χ4v) is 3.84. The lowest BCUT2D eigenvalue weighted by Crippen LogP contribution is -2.40. The predicted octanol–water partition coefficient (Wildman–Crippen LogP) is 3.97. The van der Waals surface area contributed by atoms with Gasteiger partial charge < -0.3 is 15.2 Å². The molecule has 0 radical (unpaired) electrons. The quantitative estimate of drug-likeness (QED) is 0.708. The van der Waals surface area contributed by atoms with E-state index >= 15 is 0 Å². The molecule has 28 heavy (non-hydrogen) atoms. The third-order valence-corrected chi connectivity index (χ3v) is 5.69. The van der Waals surface area contributed by atoms with Crippen LogP contribution in [0.4, 0.5) is 5.95 Å². The minimum atomic E-state index is 0.0813. The van der Waals surface area contributed by atoms with Crippen molar-refractivity contribution in [2.24, 2.45) is 5.92 Å². The number of benzene rings is 2. The standard InChI is InChI=1S/C23H28N4O/c1-3-17-5-7-18(8-6-17)15-24-22(28)19-10-12-27(13-11-19)23-25-20-9-4-16(2)14-21(20)26-23/h4-9,14,19H,3,10-13,15H2,1-2H3,(H,24,28)(H,25,26). The summed E-state index contributed by atoms with van der Waals surface area (Å²) in [6, 6.07) is 14.7. The monoisotopic (exact) mass is 376 g/mol. The molecule has 3 aromatic rings. The molecule has 1 fully saturated rings. The number of piperidine rings is 1. The highest BCUT2D eigenvalue weighted by Crippen LogP contribution is 2.24. The Morgan fingerprint density at radius 2 is 1.86 bits per heavy atom. The Morgan fingerprint density at radius 1 is 1.14 bits per heavy atom. The zero-order valence-corrected chi connectivity index (χ0v) is 16.7. The minimum Gasteiger partial charge on any atom is -0.352 e. The molecule has 0 spiro atoms. The molecule has 2 aromatic carbocycles. The minimum absolute atomic E-state index is 0.0813. The van der Waals surface area contributed by atoms with Gasteiger partial charge in [-0.25, -0.2) is 4.98 Å². The lowest BCUT2D eigenvalue weighted by atomic mass is 9.96. The average molecular weight is 377 g/mol. The summed E-state index contributed by atoms with van der Waals surface area (Å²) in [6.07, 6.45) is 2.75. The second kappa shape index (κ2) is 8.05. The highest BCUT2D eigenvalue weighted by molar-refractivity contribution is 5.80. The molecule has 0 unspecified atom stereocenters. The molecular weight excluding hydrogens is 348 g/mol. The predicted molar refractivity (Wildman–Crippen MR) is 113 cm³/mol. The molecule has 1 amide bonds. The van der Waals surface area contributed by atoms with Gasteiger partial charge in [-0.1, -0.05) is 37.3 Å². The molecule has 0 bridgehead atoms. The Morgan fingerprint density at radius 3 is 2.57 bits per heavy atom. The Bertz CT molecular complexity index is 952. The largest absolute Gasteiger partial charge is 0.352 e. The topological polar surface area (TPSA) is 61.0 Å². The molecule has 1 aliphatic rings. The number of carbonyl (C=O) groups excluding carboxylic acids is 1. The fourth-order valence-electron chi connectivity index (χ4n) is 3.84. The normalized spacial score (nSPS) is 15.1. The number of nitrogens with zero attached hydrogens (tertiary/aromatic N) is 2. The van der Waals surface area contributed by atoms with Gasteiger partial charge in [0.15, 0.2) is 0 Å². The van der Waals surface area contributed by atoms with Gasteiger partial charge >= 0.3 is 0 Å². The first-order valence-corrected chi connectivity index (χ1v) is 10.2. The summed E-state index contributed by atoms with van der Waals surface area (Å²) in [5.41, 5.74) is 5.77. The van der Waals surface area contributed by atoms with E-state index < -0.39 is 0 Å². The third kappa shape index (κ3) is 4.03. The maximum absolute atomic E-state index is 12.6. The SMILES string of the molecule is CCc1ccc(CNC(=O)C2CCN(c3nc4ccc(C)cc4[nH]3)CC2)cc1. The van der Waals surface area contributed by atoms with Crippen molar-refractivity contribution in [3.05, 3.63) is 59.2 Å². The van der Waals surface area contributed by atoms with Crippen LogP contribution in [-0.4, -0.2) is 29.0 Å². The van der Waals surface area contributed by atoms with E-state index in [1.165, 1.54) is 11.1 Å². The molecule has 2 N–H and O–H groups in total. The van der Waals surface area contributed by atoms with Crippen LogP contribution in [0.15, 0.2) is 42.5 Å². The maximum Gasteiger partial charge on any atom is 0.223 e. The second-order valence-electron chi connectivity index (χ2n) is 7.73. The number of aryl methyl sites for hydroxylation is 2. The van der Waals surface area contributed by atoms with Crippen molar-refractivity contribution >= 4 is 22.9 Å². The van der Waals surface area contributed by atoms with Crippen molar-refractivity contribution in [1.82, 2.24) is 15.3 Å². The van der Waals surface area contributed by atoms with Gasteiger partial charge in [-0.2, -0.15) is 0 Å². The zero-order valence-electron chi connectivity index (χ0n) is 16.7. The number of aromatic amines is 1. The smallest absolute Gasteiger partial charge is 0.223 e. The van der Waals surface area contributed by atoms with E-state index in [2.05, 4.69) is 71.5 Å². The molecule has 5 heteroatoms. The first kappa shape index (κ1) is 18.5. The van der Waals surface area contributed by atoms with Crippen molar-refractivity contribution in [1.29, 1.82) is 0 Å². The highest BCUT2D eigenvalue weighted by atomic mass is 16.1. The van der Waals surface area contributed by atoms with Crippen molar-refractivity contribution in [3.8, 4) is 0 Å². The first-order valence-electron chi connectivity index (χ1n) is 10.2. The summed E-state index contributed by atoms with van der Waals surface area (Å²) in [5.74, 6) is 1.16. The number of fused-ring (bicyclic) bond motifs is 1. The molecule has 1 aliphatic heterocycles. The number of hydrogen-bond acceptors (Lipinski definition) is 3. The van der Waals surface area contributed by atoms with Crippen LogP contribution in [0.2, 0.25) is 0 Å². The number of carbonyl (C=O) groups is 1. The number of anilines is 1. The van der Waals surface area contributed by atoms with Crippen LogP contribution >= 0.6 is 0 Å². The van der Waals surface area contributed by atoms with Gasteiger partial charge in [0, 0.05) is 25.6 Å². The molecule has 0 saturated carbocycles. The molecule has 1 saturated heterocycles. The Labute approximate surface area is 166 Å². The summed E-state index contributed by atoms with van der Waals surface area (Å²) < 4.78 is 0. The first-order chi connectivity index (χ1) is 13.6. The van der Waals surface area contributed by atoms with Gasteiger partial charge in [0.25, 0.3) is 0 Å². The molecular formula is C23H28N4O. The van der Waals surface area contributed by atoms with E-state index in [0.717, 1.165) is 54.9 Å². The molecule has 2 heterocycles. The van der Waals surface area contributed by atoms with E-state index in [1.54, 1.807) is 0 Å². The number of hydrogen-bond donors (Lipinski definition) is 2.